The van der Waals surface area contributed by atoms with Gasteiger partial charge in [-0.15, -0.1) is 0 Å². The van der Waals surface area contributed by atoms with Crippen LogP contribution in [0.1, 0.15) is 52.9 Å². The maximum atomic E-state index is 11.4. The Morgan fingerprint density at radius 1 is 1.12 bits per heavy atom. The monoisotopic (exact) mass is 264 g/mol. The quantitative estimate of drug-likeness (QED) is 0.560. The minimum atomic E-state index is -3.07. The van der Waals surface area contributed by atoms with Crippen LogP contribution in [0.25, 0.3) is 0 Å². The second-order valence-corrected chi connectivity index (χ2v) is 6.45. The number of hydrogen-bond donors (Lipinski definition) is 2. The Morgan fingerprint density at radius 2 is 1.82 bits per heavy atom. The molecule has 0 rings (SSSR count). The molecule has 0 saturated heterocycles. The van der Waals surface area contributed by atoms with E-state index in [0.29, 0.717) is 19.1 Å². The highest BCUT2D eigenvalue weighted by Gasteiger charge is 2.08. The van der Waals surface area contributed by atoms with E-state index in [9.17, 15) is 8.42 Å². The first-order chi connectivity index (χ1) is 8.02. The van der Waals surface area contributed by atoms with E-state index in [-0.39, 0.29) is 5.75 Å². The second kappa shape index (κ2) is 9.85. The summed E-state index contributed by atoms with van der Waals surface area (Å²) in [5.74, 6) is 0.167. The van der Waals surface area contributed by atoms with E-state index in [4.69, 9.17) is 0 Å². The van der Waals surface area contributed by atoms with Gasteiger partial charge in [-0.05, 0) is 13.3 Å². The third-order valence-corrected chi connectivity index (χ3v) is 4.19. The van der Waals surface area contributed by atoms with Crippen LogP contribution in [0.15, 0.2) is 0 Å². The van der Waals surface area contributed by atoms with Crippen LogP contribution in [-0.2, 0) is 10.0 Å². The number of hydrogen-bond acceptors (Lipinski definition) is 3. The van der Waals surface area contributed by atoms with Crippen molar-refractivity contribution in [3.8, 4) is 0 Å². The summed E-state index contributed by atoms with van der Waals surface area (Å²) in [6, 6.07) is 0.406. The van der Waals surface area contributed by atoms with E-state index < -0.39 is 10.0 Å². The molecular weight excluding hydrogens is 236 g/mol. The van der Waals surface area contributed by atoms with Crippen LogP contribution in [0.2, 0.25) is 0 Å². The zero-order valence-corrected chi connectivity index (χ0v) is 12.3. The molecule has 0 spiro atoms. The maximum Gasteiger partial charge on any atom is 0.212 e. The Labute approximate surface area is 107 Å². The minimum absolute atomic E-state index is 0.167. The fraction of sp³-hybridized carbons (Fsp3) is 1.00. The molecule has 0 radical (unpaired) electrons. The summed E-state index contributed by atoms with van der Waals surface area (Å²) >= 11 is 0. The van der Waals surface area contributed by atoms with Crippen LogP contribution in [0.4, 0.5) is 0 Å². The minimum Gasteiger partial charge on any atom is -0.313 e. The lowest BCUT2D eigenvalue weighted by Gasteiger charge is -2.13. The van der Waals surface area contributed by atoms with Crippen molar-refractivity contribution in [2.75, 3.05) is 18.8 Å². The van der Waals surface area contributed by atoms with E-state index in [0.717, 1.165) is 6.42 Å². The van der Waals surface area contributed by atoms with Gasteiger partial charge in [-0.1, -0.05) is 39.5 Å². The number of unbranched alkanes of at least 4 members (excludes halogenated alkanes) is 3. The highest BCUT2D eigenvalue weighted by molar-refractivity contribution is 7.89. The van der Waals surface area contributed by atoms with E-state index in [1.54, 1.807) is 6.92 Å². The van der Waals surface area contributed by atoms with Crippen molar-refractivity contribution in [1.82, 2.24) is 10.0 Å². The van der Waals surface area contributed by atoms with Crippen molar-refractivity contribution in [2.45, 2.75) is 58.9 Å². The molecule has 0 heterocycles. The van der Waals surface area contributed by atoms with Crippen molar-refractivity contribution < 1.29 is 8.42 Å². The maximum absolute atomic E-state index is 11.4. The molecule has 0 fully saturated rings. The van der Waals surface area contributed by atoms with Crippen LogP contribution < -0.4 is 10.0 Å². The number of rotatable bonds is 11. The smallest absolute Gasteiger partial charge is 0.212 e. The van der Waals surface area contributed by atoms with Gasteiger partial charge >= 0.3 is 0 Å². The van der Waals surface area contributed by atoms with Gasteiger partial charge < -0.3 is 5.32 Å². The van der Waals surface area contributed by atoms with E-state index in [1.165, 1.54) is 25.7 Å². The van der Waals surface area contributed by atoms with E-state index in [1.807, 2.05) is 0 Å². The Bertz CT molecular complexity index is 266. The fourth-order valence-electron chi connectivity index (χ4n) is 1.71. The van der Waals surface area contributed by atoms with Crippen LogP contribution in [0.3, 0.4) is 0 Å². The number of sulfonamides is 1. The predicted octanol–water partition coefficient (Wildman–Crippen LogP) is 1.87. The first kappa shape index (κ1) is 16.9. The molecule has 17 heavy (non-hydrogen) atoms. The topological polar surface area (TPSA) is 58.2 Å². The third kappa shape index (κ3) is 10.7. The average molecular weight is 264 g/mol. The lowest BCUT2D eigenvalue weighted by Crippen LogP contribution is -2.35. The molecule has 0 amide bonds. The first-order valence-electron chi connectivity index (χ1n) is 6.72. The van der Waals surface area contributed by atoms with Crippen LogP contribution >= 0.6 is 0 Å². The average Bonchev–Trinajstić information content (AvgIpc) is 2.24. The predicted molar refractivity (Wildman–Crippen MR) is 73.7 cm³/mol. The van der Waals surface area contributed by atoms with Gasteiger partial charge in [0.15, 0.2) is 0 Å². The van der Waals surface area contributed by atoms with Crippen molar-refractivity contribution in [1.29, 1.82) is 0 Å². The summed E-state index contributed by atoms with van der Waals surface area (Å²) in [5, 5.41) is 3.25. The summed E-state index contributed by atoms with van der Waals surface area (Å²) in [5.41, 5.74) is 0. The molecule has 0 aromatic carbocycles. The summed E-state index contributed by atoms with van der Waals surface area (Å²) in [6.45, 7) is 7.11. The largest absolute Gasteiger partial charge is 0.313 e. The Balaban J connectivity index is 3.53. The molecule has 5 heteroatoms. The van der Waals surface area contributed by atoms with Gasteiger partial charge in [-0.2, -0.15) is 0 Å². The summed E-state index contributed by atoms with van der Waals surface area (Å²) in [6.07, 6.45) is 6.17. The van der Waals surface area contributed by atoms with Crippen LogP contribution in [-0.4, -0.2) is 33.3 Å². The van der Waals surface area contributed by atoms with Crippen molar-refractivity contribution in [3.05, 3.63) is 0 Å². The zero-order chi connectivity index (χ0) is 13.1. The SMILES string of the molecule is CCCCCCC(C)NCCS(=O)(=O)NCC. The van der Waals surface area contributed by atoms with Crippen LogP contribution in [0, 0.1) is 0 Å². The summed E-state index contributed by atoms with van der Waals surface area (Å²) in [7, 11) is -3.07. The molecule has 2 N–H and O–H groups in total. The van der Waals surface area contributed by atoms with Gasteiger partial charge in [0.05, 0.1) is 5.75 Å². The molecule has 4 nitrogen and oxygen atoms in total. The normalized spacial score (nSPS) is 13.8. The molecule has 0 aliphatic carbocycles. The van der Waals surface area contributed by atoms with Gasteiger partial charge in [0.2, 0.25) is 10.0 Å². The molecular formula is C12H28N2O2S. The standard InChI is InChI=1S/C12H28N2O2S/c1-4-6-7-8-9-12(3)13-10-11-17(15,16)14-5-2/h12-14H,4-11H2,1-3H3. The first-order valence-corrected chi connectivity index (χ1v) is 8.37. The van der Waals surface area contributed by atoms with Crippen LogP contribution in [0.5, 0.6) is 0 Å². The molecule has 1 unspecified atom stereocenters. The molecule has 0 aromatic rings. The Hall–Kier alpha value is -0.130. The van der Waals surface area contributed by atoms with Gasteiger partial charge in [0.1, 0.15) is 0 Å². The summed E-state index contributed by atoms with van der Waals surface area (Å²) in [4.78, 5) is 0. The van der Waals surface area contributed by atoms with Gasteiger partial charge in [0.25, 0.3) is 0 Å². The lowest BCUT2D eigenvalue weighted by molar-refractivity contribution is 0.492. The number of nitrogens with one attached hydrogen (secondary N) is 2. The molecule has 1 atom stereocenters. The molecule has 0 aliphatic heterocycles. The molecule has 0 aromatic heterocycles. The van der Waals surface area contributed by atoms with E-state index >= 15 is 0 Å². The summed E-state index contributed by atoms with van der Waals surface area (Å²) < 4.78 is 25.2. The van der Waals surface area contributed by atoms with Gasteiger partial charge in [-0.3, -0.25) is 0 Å². The van der Waals surface area contributed by atoms with Gasteiger partial charge in [0, 0.05) is 19.1 Å². The molecule has 0 aliphatic rings. The molecule has 104 valence electrons. The van der Waals surface area contributed by atoms with Gasteiger partial charge in [-0.25, -0.2) is 13.1 Å². The Morgan fingerprint density at radius 3 is 2.41 bits per heavy atom. The highest BCUT2D eigenvalue weighted by Crippen LogP contribution is 2.04. The van der Waals surface area contributed by atoms with Crippen molar-refractivity contribution in [2.24, 2.45) is 0 Å². The zero-order valence-electron chi connectivity index (χ0n) is 11.5. The van der Waals surface area contributed by atoms with E-state index in [2.05, 4.69) is 23.9 Å². The molecule has 0 bridgehead atoms. The lowest BCUT2D eigenvalue weighted by atomic mass is 10.1. The third-order valence-electron chi connectivity index (χ3n) is 2.72. The highest BCUT2D eigenvalue weighted by atomic mass is 32.2. The van der Waals surface area contributed by atoms with Crippen molar-refractivity contribution in [3.63, 3.8) is 0 Å². The second-order valence-electron chi connectivity index (χ2n) is 4.52. The Kier molecular flexibility index (Phi) is 9.78. The fourth-order valence-corrected chi connectivity index (χ4v) is 2.68. The molecule has 0 saturated carbocycles. The van der Waals surface area contributed by atoms with Crippen molar-refractivity contribution >= 4 is 10.0 Å².